The third-order valence-corrected chi connectivity index (χ3v) is 4.95. The van der Waals surface area contributed by atoms with E-state index in [4.69, 9.17) is 16.3 Å². The molecular weight excluding hydrogens is 358 g/mol. The Morgan fingerprint density at radius 3 is 2.76 bits per heavy atom. The van der Waals surface area contributed by atoms with Crippen LogP contribution >= 0.6 is 23.4 Å². The maximum atomic E-state index is 12.3. The zero-order valence-electron chi connectivity index (χ0n) is 15.2. The Balaban J connectivity index is 2.06. The smallest absolute Gasteiger partial charge is 0.234 e. The van der Waals surface area contributed by atoms with Crippen LogP contribution in [0.15, 0.2) is 23.4 Å². The van der Waals surface area contributed by atoms with E-state index in [1.54, 1.807) is 25.3 Å². The first-order chi connectivity index (χ1) is 11.8. The Morgan fingerprint density at radius 1 is 1.40 bits per heavy atom. The van der Waals surface area contributed by atoms with Gasteiger partial charge in [0, 0.05) is 17.3 Å². The largest absolute Gasteiger partial charge is 0.495 e. The van der Waals surface area contributed by atoms with Gasteiger partial charge in [0.25, 0.3) is 0 Å². The predicted octanol–water partition coefficient (Wildman–Crippen LogP) is 4.55. The van der Waals surface area contributed by atoms with Crippen molar-refractivity contribution in [1.82, 2.24) is 9.55 Å². The SMILES string of the molecule is COc1ccc(Cl)cc1NC(=O)CSc1nc(C)c(C)n1CC(C)C. The number of rotatable bonds is 7. The van der Waals surface area contributed by atoms with E-state index in [-0.39, 0.29) is 11.7 Å². The fourth-order valence-electron chi connectivity index (χ4n) is 2.41. The fourth-order valence-corrected chi connectivity index (χ4v) is 3.48. The summed E-state index contributed by atoms with van der Waals surface area (Å²) in [6.45, 7) is 9.28. The number of hydrogen-bond donors (Lipinski definition) is 1. The molecule has 0 aliphatic rings. The molecule has 1 aromatic carbocycles. The number of imidazole rings is 1. The normalized spacial score (nSPS) is 11.0. The Labute approximate surface area is 158 Å². The molecule has 0 bridgehead atoms. The lowest BCUT2D eigenvalue weighted by atomic mass is 10.2. The number of hydrogen-bond acceptors (Lipinski definition) is 4. The summed E-state index contributed by atoms with van der Waals surface area (Å²) in [5.74, 6) is 1.23. The summed E-state index contributed by atoms with van der Waals surface area (Å²) < 4.78 is 7.43. The number of methoxy groups -OCH3 is 1. The number of aryl methyl sites for hydroxylation is 1. The van der Waals surface area contributed by atoms with Crippen molar-refractivity contribution < 1.29 is 9.53 Å². The van der Waals surface area contributed by atoms with Crippen molar-refractivity contribution >= 4 is 35.0 Å². The standard InChI is InChI=1S/C18H24ClN3O2S/c1-11(2)9-22-13(4)12(3)20-18(22)25-10-17(23)21-15-8-14(19)6-7-16(15)24-5/h6-8,11H,9-10H2,1-5H3,(H,21,23). The van der Waals surface area contributed by atoms with Gasteiger partial charge in [0.15, 0.2) is 5.16 Å². The van der Waals surface area contributed by atoms with Crippen molar-refractivity contribution in [1.29, 1.82) is 0 Å². The topological polar surface area (TPSA) is 56.1 Å². The third kappa shape index (κ3) is 5.16. The van der Waals surface area contributed by atoms with E-state index in [0.29, 0.717) is 22.4 Å². The molecule has 25 heavy (non-hydrogen) atoms. The number of ether oxygens (including phenoxy) is 1. The Bertz CT molecular complexity index is 759. The highest BCUT2D eigenvalue weighted by molar-refractivity contribution is 7.99. The van der Waals surface area contributed by atoms with Crippen molar-refractivity contribution in [3.8, 4) is 5.75 Å². The summed E-state index contributed by atoms with van der Waals surface area (Å²) in [5, 5.41) is 4.26. The van der Waals surface area contributed by atoms with Crippen molar-refractivity contribution in [2.75, 3.05) is 18.2 Å². The van der Waals surface area contributed by atoms with Crippen LogP contribution in [0.4, 0.5) is 5.69 Å². The van der Waals surface area contributed by atoms with Crippen LogP contribution in [-0.4, -0.2) is 28.3 Å². The second-order valence-corrected chi connectivity index (χ2v) is 7.63. The highest BCUT2D eigenvalue weighted by Crippen LogP contribution is 2.28. The maximum Gasteiger partial charge on any atom is 0.234 e. The molecule has 0 radical (unpaired) electrons. The van der Waals surface area contributed by atoms with Crippen LogP contribution < -0.4 is 10.1 Å². The number of aromatic nitrogens is 2. The molecule has 2 aromatic rings. The molecule has 1 N–H and O–H groups in total. The molecule has 0 atom stereocenters. The van der Waals surface area contributed by atoms with Gasteiger partial charge in [-0.1, -0.05) is 37.2 Å². The molecule has 0 unspecified atom stereocenters. The van der Waals surface area contributed by atoms with Crippen molar-refractivity contribution in [3.63, 3.8) is 0 Å². The number of halogens is 1. The van der Waals surface area contributed by atoms with Gasteiger partial charge in [-0.25, -0.2) is 4.98 Å². The zero-order valence-corrected chi connectivity index (χ0v) is 16.8. The summed E-state index contributed by atoms with van der Waals surface area (Å²) >= 11 is 7.43. The van der Waals surface area contributed by atoms with E-state index >= 15 is 0 Å². The minimum atomic E-state index is -0.125. The van der Waals surface area contributed by atoms with E-state index in [9.17, 15) is 4.79 Å². The molecule has 1 aromatic heterocycles. The quantitative estimate of drug-likeness (QED) is 0.715. The molecule has 2 rings (SSSR count). The number of thioether (sulfide) groups is 1. The number of amides is 1. The Hall–Kier alpha value is -1.66. The maximum absolute atomic E-state index is 12.3. The minimum absolute atomic E-state index is 0.125. The molecule has 0 saturated heterocycles. The van der Waals surface area contributed by atoms with Crippen molar-refractivity contribution in [3.05, 3.63) is 34.6 Å². The number of nitrogens with zero attached hydrogens (tertiary/aromatic N) is 2. The van der Waals surface area contributed by atoms with Gasteiger partial charge in [0.1, 0.15) is 5.75 Å². The zero-order chi connectivity index (χ0) is 18.6. The van der Waals surface area contributed by atoms with Crippen LogP contribution in [0.25, 0.3) is 0 Å². The van der Waals surface area contributed by atoms with Crippen LogP contribution in [0, 0.1) is 19.8 Å². The van der Waals surface area contributed by atoms with Gasteiger partial charge in [0.05, 0.1) is 24.2 Å². The first-order valence-electron chi connectivity index (χ1n) is 8.11. The molecule has 1 amide bonds. The summed E-state index contributed by atoms with van der Waals surface area (Å²) in [6, 6.07) is 5.13. The first kappa shape index (κ1) is 19.7. The van der Waals surface area contributed by atoms with Gasteiger partial charge in [-0.2, -0.15) is 0 Å². The summed E-state index contributed by atoms with van der Waals surface area (Å²) in [7, 11) is 1.56. The van der Waals surface area contributed by atoms with E-state index in [1.165, 1.54) is 11.8 Å². The van der Waals surface area contributed by atoms with Gasteiger partial charge in [0.2, 0.25) is 5.91 Å². The molecular formula is C18H24ClN3O2S. The fraction of sp³-hybridized carbons (Fsp3) is 0.444. The van der Waals surface area contributed by atoms with E-state index in [1.807, 2.05) is 6.92 Å². The van der Waals surface area contributed by atoms with Crippen LogP contribution in [0.5, 0.6) is 5.75 Å². The van der Waals surface area contributed by atoms with E-state index in [0.717, 1.165) is 23.1 Å². The first-order valence-corrected chi connectivity index (χ1v) is 9.48. The number of carbonyl (C=O) groups is 1. The second-order valence-electron chi connectivity index (χ2n) is 6.25. The number of anilines is 1. The molecule has 0 saturated carbocycles. The monoisotopic (exact) mass is 381 g/mol. The van der Waals surface area contributed by atoms with Gasteiger partial charge >= 0.3 is 0 Å². The third-order valence-electron chi connectivity index (χ3n) is 3.74. The molecule has 0 aliphatic carbocycles. The van der Waals surface area contributed by atoms with Gasteiger partial charge < -0.3 is 14.6 Å². The Morgan fingerprint density at radius 2 is 2.12 bits per heavy atom. The summed E-state index contributed by atoms with van der Waals surface area (Å²) in [5.41, 5.74) is 2.71. The molecule has 0 spiro atoms. The van der Waals surface area contributed by atoms with Crippen LogP contribution in [0.2, 0.25) is 5.02 Å². The second kappa shape index (κ2) is 8.63. The molecule has 136 valence electrons. The van der Waals surface area contributed by atoms with Gasteiger partial charge in [-0.15, -0.1) is 0 Å². The van der Waals surface area contributed by atoms with E-state index < -0.39 is 0 Å². The highest BCUT2D eigenvalue weighted by Gasteiger charge is 2.15. The molecule has 0 fully saturated rings. The average molecular weight is 382 g/mol. The lowest BCUT2D eigenvalue weighted by Crippen LogP contribution is -2.15. The van der Waals surface area contributed by atoms with Gasteiger partial charge in [-0.05, 0) is 38.0 Å². The van der Waals surface area contributed by atoms with E-state index in [2.05, 4.69) is 35.6 Å². The lowest BCUT2D eigenvalue weighted by Gasteiger charge is -2.13. The summed E-state index contributed by atoms with van der Waals surface area (Å²) in [4.78, 5) is 16.9. The number of benzene rings is 1. The molecule has 0 aliphatic heterocycles. The minimum Gasteiger partial charge on any atom is -0.495 e. The van der Waals surface area contributed by atoms with Crippen molar-refractivity contribution in [2.45, 2.75) is 39.4 Å². The summed E-state index contributed by atoms with van der Waals surface area (Å²) in [6.07, 6.45) is 0. The number of nitrogens with one attached hydrogen (secondary N) is 1. The lowest BCUT2D eigenvalue weighted by molar-refractivity contribution is -0.113. The molecule has 1 heterocycles. The van der Waals surface area contributed by atoms with Gasteiger partial charge in [-0.3, -0.25) is 4.79 Å². The predicted molar refractivity (Wildman–Crippen MR) is 104 cm³/mol. The average Bonchev–Trinajstić information content (AvgIpc) is 2.80. The highest BCUT2D eigenvalue weighted by atomic mass is 35.5. The molecule has 5 nitrogen and oxygen atoms in total. The Kier molecular flexibility index (Phi) is 6.79. The van der Waals surface area contributed by atoms with Crippen LogP contribution in [0.3, 0.4) is 0 Å². The van der Waals surface area contributed by atoms with Crippen LogP contribution in [0.1, 0.15) is 25.2 Å². The number of carbonyl (C=O) groups excluding carboxylic acids is 1. The van der Waals surface area contributed by atoms with Crippen LogP contribution in [-0.2, 0) is 11.3 Å². The van der Waals surface area contributed by atoms with Crippen molar-refractivity contribution in [2.24, 2.45) is 5.92 Å². The molecule has 7 heteroatoms.